The number of rotatable bonds is 6. The van der Waals surface area contributed by atoms with Crippen molar-refractivity contribution in [1.82, 2.24) is 15.0 Å². The zero-order chi connectivity index (χ0) is 44.0. The van der Waals surface area contributed by atoms with Gasteiger partial charge in [-0.15, -0.1) is 11.3 Å². The van der Waals surface area contributed by atoms with Crippen molar-refractivity contribution < 1.29 is 0 Å². The highest BCUT2D eigenvalue weighted by Gasteiger charge is 2.18. The number of thiophene rings is 1. The summed E-state index contributed by atoms with van der Waals surface area (Å²) in [5.74, 6) is 1.91. The molecule has 0 unspecified atom stereocenters. The van der Waals surface area contributed by atoms with Crippen LogP contribution in [0.1, 0.15) is 0 Å². The normalized spacial score (nSPS) is 11.9. The number of hydrogen-bond acceptors (Lipinski definition) is 4. The molecule has 0 atom stereocenters. The van der Waals surface area contributed by atoms with Crippen LogP contribution in [0.25, 0.3) is 142 Å². The molecule has 2 heterocycles. The van der Waals surface area contributed by atoms with Crippen LogP contribution in [0.4, 0.5) is 0 Å². The molecule has 0 aliphatic heterocycles. The molecule has 67 heavy (non-hydrogen) atoms. The lowest BCUT2D eigenvalue weighted by Gasteiger charge is -2.17. The lowest BCUT2D eigenvalue weighted by Crippen LogP contribution is -2.00. The Kier molecular flexibility index (Phi) is 8.45. The van der Waals surface area contributed by atoms with Gasteiger partial charge in [-0.25, -0.2) is 15.0 Å². The fraction of sp³-hybridized carbons (Fsp3) is 0. The second-order valence-corrected chi connectivity index (χ2v) is 18.6. The third-order valence-electron chi connectivity index (χ3n) is 13.6. The minimum Gasteiger partial charge on any atom is -0.208 e. The van der Waals surface area contributed by atoms with Gasteiger partial charge in [0, 0.05) is 26.3 Å². The zero-order valence-electron chi connectivity index (χ0n) is 36.1. The number of benzene rings is 11. The van der Waals surface area contributed by atoms with Crippen molar-refractivity contribution in [2.45, 2.75) is 0 Å². The second-order valence-electron chi connectivity index (χ2n) is 17.5. The van der Waals surface area contributed by atoms with Crippen LogP contribution in [0.3, 0.4) is 0 Å². The first-order valence-corrected chi connectivity index (χ1v) is 23.6. The van der Waals surface area contributed by atoms with Crippen molar-refractivity contribution in [3.63, 3.8) is 0 Å². The minimum atomic E-state index is 0.632. The Morgan fingerprint density at radius 3 is 1.27 bits per heavy atom. The maximum Gasteiger partial charge on any atom is 0.164 e. The summed E-state index contributed by atoms with van der Waals surface area (Å²) >= 11 is 1.80. The summed E-state index contributed by atoms with van der Waals surface area (Å²) in [5, 5.41) is 16.6. The molecule has 0 saturated carbocycles. The molecule has 2 aromatic heterocycles. The van der Waals surface area contributed by atoms with Crippen LogP contribution in [-0.4, -0.2) is 15.0 Å². The molecule has 3 nitrogen and oxygen atoms in total. The summed E-state index contributed by atoms with van der Waals surface area (Å²) in [6, 6.07) is 81.4. The summed E-state index contributed by atoms with van der Waals surface area (Å²) < 4.78 is 1.27. The van der Waals surface area contributed by atoms with Gasteiger partial charge in [0.25, 0.3) is 0 Å². The van der Waals surface area contributed by atoms with E-state index in [1.54, 1.807) is 11.3 Å². The Balaban J connectivity index is 0.909. The minimum absolute atomic E-state index is 0.632. The smallest absolute Gasteiger partial charge is 0.164 e. The average Bonchev–Trinajstić information content (AvgIpc) is 3.85. The van der Waals surface area contributed by atoms with Crippen LogP contribution in [-0.2, 0) is 0 Å². The number of hydrogen-bond donors (Lipinski definition) is 0. The second kappa shape index (κ2) is 15.0. The van der Waals surface area contributed by atoms with Gasteiger partial charge in [-0.2, -0.15) is 0 Å². The molecule has 0 aliphatic carbocycles. The van der Waals surface area contributed by atoms with E-state index in [9.17, 15) is 0 Å². The maximum atomic E-state index is 5.19. The topological polar surface area (TPSA) is 38.7 Å². The fourth-order valence-corrected chi connectivity index (χ4v) is 11.5. The Morgan fingerprint density at radius 2 is 0.657 bits per heavy atom. The molecule has 0 amide bonds. The zero-order valence-corrected chi connectivity index (χ0v) is 36.9. The van der Waals surface area contributed by atoms with Crippen molar-refractivity contribution in [3.8, 4) is 66.9 Å². The van der Waals surface area contributed by atoms with Crippen LogP contribution >= 0.6 is 11.3 Å². The monoisotopic (exact) mass is 867 g/mol. The van der Waals surface area contributed by atoms with Gasteiger partial charge in [-0.3, -0.25) is 0 Å². The van der Waals surface area contributed by atoms with E-state index >= 15 is 0 Å². The molecule has 310 valence electrons. The highest BCUT2D eigenvalue weighted by atomic mass is 32.1. The number of fused-ring (bicyclic) bond motifs is 3. The van der Waals surface area contributed by atoms with Crippen molar-refractivity contribution in [2.75, 3.05) is 0 Å². The van der Waals surface area contributed by atoms with E-state index in [4.69, 9.17) is 15.0 Å². The first-order chi connectivity index (χ1) is 33.2. The summed E-state index contributed by atoms with van der Waals surface area (Å²) in [5.41, 5.74) is 8.52. The molecule has 14 aromatic rings. The van der Waals surface area contributed by atoms with E-state index in [1.165, 1.54) is 85.2 Å². The van der Waals surface area contributed by atoms with Gasteiger partial charge >= 0.3 is 0 Å². The molecule has 12 aromatic carbocycles. The van der Waals surface area contributed by atoms with Gasteiger partial charge in [0.15, 0.2) is 17.5 Å². The Morgan fingerprint density at radius 1 is 0.239 bits per heavy atom. The van der Waals surface area contributed by atoms with Gasteiger partial charge in [-0.1, -0.05) is 182 Å². The van der Waals surface area contributed by atoms with Crippen LogP contribution in [0.2, 0.25) is 0 Å². The Bertz CT molecular complexity index is 4240. The van der Waals surface area contributed by atoms with Gasteiger partial charge in [0.2, 0.25) is 0 Å². The molecule has 0 spiro atoms. The third-order valence-corrected chi connectivity index (χ3v) is 14.7. The summed E-state index contributed by atoms with van der Waals surface area (Å²) in [6.07, 6.45) is 0. The fourth-order valence-electron chi connectivity index (χ4n) is 10.5. The van der Waals surface area contributed by atoms with E-state index in [2.05, 4.69) is 206 Å². The number of nitrogens with zero attached hydrogens (tertiary/aromatic N) is 3. The first-order valence-electron chi connectivity index (χ1n) is 22.7. The van der Waals surface area contributed by atoms with Crippen molar-refractivity contribution in [3.05, 3.63) is 224 Å². The third kappa shape index (κ3) is 6.22. The van der Waals surface area contributed by atoms with E-state index in [1.807, 2.05) is 18.2 Å². The predicted molar refractivity (Wildman–Crippen MR) is 284 cm³/mol. The Hall–Kier alpha value is -8.57. The molecule has 0 fully saturated rings. The summed E-state index contributed by atoms with van der Waals surface area (Å²) in [6.45, 7) is 0. The molecular formula is C63H37N3S. The molecule has 0 bridgehead atoms. The van der Waals surface area contributed by atoms with Gasteiger partial charge < -0.3 is 0 Å². The molecule has 0 radical (unpaired) electrons. The van der Waals surface area contributed by atoms with E-state index in [0.717, 1.165) is 38.9 Å². The molecular weight excluding hydrogens is 831 g/mol. The largest absolute Gasteiger partial charge is 0.208 e. The summed E-state index contributed by atoms with van der Waals surface area (Å²) in [7, 11) is 0. The molecule has 0 saturated heterocycles. The van der Waals surface area contributed by atoms with Gasteiger partial charge in [0.1, 0.15) is 0 Å². The average molecular weight is 868 g/mol. The molecule has 4 heteroatoms. The van der Waals surface area contributed by atoms with E-state index in [0.29, 0.717) is 17.5 Å². The van der Waals surface area contributed by atoms with Crippen LogP contribution in [0.5, 0.6) is 0 Å². The standard InChI is InChI=1S/C63H37N3S/c1-2-12-41(13-3-1)61-64-62(66-63(65-61)49-23-8-21-45(34-49)56-37-46-14-4-5-27-55(46)67-56)48-22-7-19-43(33-48)42-18-6-20-44(32-42)50-35-47-31-30-40-16-10-25-52-51-24-9-15-38-28-29-39-17-11-26-53(59(39)57(38)51)54(36-50)60(47)58(40)52/h1-37H. The van der Waals surface area contributed by atoms with Crippen LogP contribution in [0.15, 0.2) is 224 Å². The maximum absolute atomic E-state index is 5.19. The molecule has 0 aliphatic rings. The number of aromatic nitrogens is 3. The van der Waals surface area contributed by atoms with Crippen LogP contribution in [0, 0.1) is 0 Å². The van der Waals surface area contributed by atoms with Gasteiger partial charge in [-0.05, 0) is 140 Å². The van der Waals surface area contributed by atoms with Crippen LogP contribution < -0.4 is 0 Å². The van der Waals surface area contributed by atoms with E-state index in [-0.39, 0.29) is 0 Å². The SMILES string of the molecule is c1ccc(-c2nc(-c3cccc(-c4cccc(-c5cc6ccc7cccc8c9cccc%10ccc%11cccc(c(c5)c6c78)c%11c%109)c4)c3)nc(-c3cccc(-c4cc5ccccc5s4)c3)n2)cc1. The first kappa shape index (κ1) is 37.8. The predicted octanol–water partition coefficient (Wildman–Crippen LogP) is 17.4. The van der Waals surface area contributed by atoms with Crippen molar-refractivity contribution in [2.24, 2.45) is 0 Å². The quantitative estimate of drug-likeness (QED) is 0.156. The van der Waals surface area contributed by atoms with Crippen molar-refractivity contribution >= 4 is 86.1 Å². The molecule has 14 rings (SSSR count). The Labute approximate surface area is 390 Å². The van der Waals surface area contributed by atoms with Gasteiger partial charge in [0.05, 0.1) is 0 Å². The highest BCUT2D eigenvalue weighted by molar-refractivity contribution is 7.22. The lowest BCUT2D eigenvalue weighted by atomic mass is 9.86. The van der Waals surface area contributed by atoms with E-state index < -0.39 is 0 Å². The van der Waals surface area contributed by atoms with Crippen molar-refractivity contribution in [1.29, 1.82) is 0 Å². The highest BCUT2D eigenvalue weighted by Crippen LogP contribution is 2.45. The lowest BCUT2D eigenvalue weighted by molar-refractivity contribution is 1.07. The summed E-state index contributed by atoms with van der Waals surface area (Å²) in [4.78, 5) is 16.6. The molecule has 0 N–H and O–H groups in total.